The standard InChI is InChI=1S/C17H24N2/c1-2-10-17(9-1)12-19(13-17)16-7-3-14(4-8-16)11-18-15-5-6-15/h3-4,7-8,15,18H,1-2,5-6,9-13H2. The van der Waals surface area contributed by atoms with Crippen LogP contribution in [0.4, 0.5) is 5.69 Å². The zero-order valence-electron chi connectivity index (χ0n) is 11.7. The highest BCUT2D eigenvalue weighted by Gasteiger charge is 2.44. The van der Waals surface area contributed by atoms with E-state index in [0.717, 1.165) is 12.6 Å². The van der Waals surface area contributed by atoms with Crippen LogP contribution in [0.25, 0.3) is 0 Å². The van der Waals surface area contributed by atoms with E-state index in [-0.39, 0.29) is 0 Å². The lowest BCUT2D eigenvalue weighted by molar-refractivity contribution is 0.222. The molecule has 0 atom stereocenters. The van der Waals surface area contributed by atoms with Crippen molar-refractivity contribution in [1.82, 2.24) is 5.32 Å². The molecule has 2 saturated carbocycles. The van der Waals surface area contributed by atoms with Crippen molar-refractivity contribution in [2.45, 2.75) is 51.1 Å². The molecule has 2 nitrogen and oxygen atoms in total. The summed E-state index contributed by atoms with van der Waals surface area (Å²) in [5.74, 6) is 0. The summed E-state index contributed by atoms with van der Waals surface area (Å²) >= 11 is 0. The van der Waals surface area contributed by atoms with Crippen molar-refractivity contribution in [3.05, 3.63) is 29.8 Å². The van der Waals surface area contributed by atoms with E-state index in [1.165, 1.54) is 62.9 Å². The van der Waals surface area contributed by atoms with Crippen LogP contribution >= 0.6 is 0 Å². The van der Waals surface area contributed by atoms with Gasteiger partial charge in [0.15, 0.2) is 0 Å². The van der Waals surface area contributed by atoms with Crippen molar-refractivity contribution in [2.75, 3.05) is 18.0 Å². The van der Waals surface area contributed by atoms with Gasteiger partial charge in [0.1, 0.15) is 0 Å². The van der Waals surface area contributed by atoms with Gasteiger partial charge in [-0.1, -0.05) is 25.0 Å². The molecule has 0 aromatic heterocycles. The van der Waals surface area contributed by atoms with Crippen LogP contribution in [0.15, 0.2) is 24.3 Å². The monoisotopic (exact) mass is 256 g/mol. The Morgan fingerprint density at radius 3 is 2.37 bits per heavy atom. The van der Waals surface area contributed by atoms with Crippen molar-refractivity contribution >= 4 is 5.69 Å². The van der Waals surface area contributed by atoms with Gasteiger partial charge in [0.05, 0.1) is 0 Å². The van der Waals surface area contributed by atoms with Crippen LogP contribution in [-0.2, 0) is 6.54 Å². The molecule has 2 aliphatic carbocycles. The summed E-state index contributed by atoms with van der Waals surface area (Å²) in [6.45, 7) is 3.63. The van der Waals surface area contributed by atoms with Gasteiger partial charge in [0.2, 0.25) is 0 Å². The van der Waals surface area contributed by atoms with Gasteiger partial charge in [-0.2, -0.15) is 0 Å². The zero-order chi connectivity index (χ0) is 12.7. The van der Waals surface area contributed by atoms with Crippen molar-refractivity contribution in [1.29, 1.82) is 0 Å². The minimum atomic E-state index is 0.701. The highest BCUT2D eigenvalue weighted by molar-refractivity contribution is 5.51. The van der Waals surface area contributed by atoms with Crippen LogP contribution in [-0.4, -0.2) is 19.1 Å². The molecule has 102 valence electrons. The fraction of sp³-hybridized carbons (Fsp3) is 0.647. The molecule has 3 fully saturated rings. The van der Waals surface area contributed by atoms with Gasteiger partial charge in [-0.05, 0) is 43.4 Å². The van der Waals surface area contributed by atoms with Gasteiger partial charge < -0.3 is 10.2 Å². The lowest BCUT2D eigenvalue weighted by atomic mass is 9.78. The molecule has 1 saturated heterocycles. The molecule has 19 heavy (non-hydrogen) atoms. The summed E-state index contributed by atoms with van der Waals surface area (Å²) in [6, 6.07) is 10.0. The van der Waals surface area contributed by atoms with Crippen LogP contribution in [0, 0.1) is 5.41 Å². The molecule has 3 aliphatic rings. The van der Waals surface area contributed by atoms with Crippen molar-refractivity contribution in [3.8, 4) is 0 Å². The predicted molar refractivity (Wildman–Crippen MR) is 79.4 cm³/mol. The Kier molecular flexibility index (Phi) is 2.80. The topological polar surface area (TPSA) is 15.3 Å². The third kappa shape index (κ3) is 2.38. The molecule has 4 rings (SSSR count). The molecular formula is C17H24N2. The summed E-state index contributed by atoms with van der Waals surface area (Å²) < 4.78 is 0. The molecule has 1 aliphatic heterocycles. The Hall–Kier alpha value is -1.02. The zero-order valence-corrected chi connectivity index (χ0v) is 11.7. The highest BCUT2D eigenvalue weighted by Crippen LogP contribution is 2.46. The third-order valence-electron chi connectivity index (χ3n) is 5.19. The maximum absolute atomic E-state index is 3.58. The molecule has 1 spiro atoms. The number of hydrogen-bond donors (Lipinski definition) is 1. The van der Waals surface area contributed by atoms with E-state index in [2.05, 4.69) is 34.5 Å². The number of rotatable bonds is 4. The average Bonchev–Trinajstić information content (AvgIpc) is 3.10. The SMILES string of the molecule is c1cc(N2CC3(CCCC3)C2)ccc1CNC1CC1. The highest BCUT2D eigenvalue weighted by atomic mass is 15.2. The molecule has 1 aromatic carbocycles. The molecule has 0 radical (unpaired) electrons. The molecular weight excluding hydrogens is 232 g/mol. The van der Waals surface area contributed by atoms with Crippen molar-refractivity contribution in [3.63, 3.8) is 0 Å². The normalized spacial score (nSPS) is 24.7. The molecule has 0 bridgehead atoms. The summed E-state index contributed by atoms with van der Waals surface area (Å²) in [7, 11) is 0. The molecule has 1 aromatic rings. The Morgan fingerprint density at radius 1 is 1.05 bits per heavy atom. The van der Waals surface area contributed by atoms with E-state index in [1.807, 2.05) is 0 Å². The second-order valence-electron chi connectivity index (χ2n) is 6.88. The summed E-state index contributed by atoms with van der Waals surface area (Å²) in [5, 5.41) is 3.58. The molecule has 2 heteroatoms. The quantitative estimate of drug-likeness (QED) is 0.889. The van der Waals surface area contributed by atoms with Gasteiger partial charge in [-0.3, -0.25) is 0 Å². The predicted octanol–water partition coefficient (Wildman–Crippen LogP) is 3.32. The minimum Gasteiger partial charge on any atom is -0.370 e. The fourth-order valence-corrected chi connectivity index (χ4v) is 3.76. The molecule has 0 amide bonds. The van der Waals surface area contributed by atoms with E-state index in [1.54, 1.807) is 0 Å². The van der Waals surface area contributed by atoms with Crippen LogP contribution in [0.5, 0.6) is 0 Å². The second-order valence-corrected chi connectivity index (χ2v) is 6.88. The van der Waals surface area contributed by atoms with E-state index in [0.29, 0.717) is 5.41 Å². The molecule has 1 N–H and O–H groups in total. The summed E-state index contributed by atoms with van der Waals surface area (Å²) in [4.78, 5) is 2.56. The first-order chi connectivity index (χ1) is 9.33. The Balaban J connectivity index is 1.34. The first kappa shape index (κ1) is 11.8. The molecule has 0 unspecified atom stereocenters. The van der Waals surface area contributed by atoms with Crippen LogP contribution < -0.4 is 10.2 Å². The van der Waals surface area contributed by atoms with Gasteiger partial charge in [0.25, 0.3) is 0 Å². The fourth-order valence-electron chi connectivity index (χ4n) is 3.76. The van der Waals surface area contributed by atoms with E-state index in [9.17, 15) is 0 Å². The Bertz CT molecular complexity index is 433. The van der Waals surface area contributed by atoms with Crippen LogP contribution in [0.2, 0.25) is 0 Å². The van der Waals surface area contributed by atoms with Gasteiger partial charge in [-0.25, -0.2) is 0 Å². The van der Waals surface area contributed by atoms with Crippen molar-refractivity contribution < 1.29 is 0 Å². The van der Waals surface area contributed by atoms with Gasteiger partial charge >= 0.3 is 0 Å². The summed E-state index contributed by atoms with van der Waals surface area (Å²) in [6.07, 6.45) is 8.58. The number of nitrogens with one attached hydrogen (secondary N) is 1. The lowest BCUT2D eigenvalue weighted by Gasteiger charge is -2.49. The number of benzene rings is 1. The average molecular weight is 256 g/mol. The maximum atomic E-state index is 3.58. The smallest absolute Gasteiger partial charge is 0.0366 e. The number of anilines is 1. The van der Waals surface area contributed by atoms with Crippen LogP contribution in [0.3, 0.4) is 0 Å². The van der Waals surface area contributed by atoms with E-state index >= 15 is 0 Å². The third-order valence-corrected chi connectivity index (χ3v) is 5.19. The largest absolute Gasteiger partial charge is 0.370 e. The lowest BCUT2D eigenvalue weighted by Crippen LogP contribution is -2.55. The second kappa shape index (κ2) is 4.52. The molecule has 1 heterocycles. The number of nitrogens with zero attached hydrogens (tertiary/aromatic N) is 1. The van der Waals surface area contributed by atoms with Gasteiger partial charge in [0, 0.05) is 36.8 Å². The minimum absolute atomic E-state index is 0.701. The summed E-state index contributed by atoms with van der Waals surface area (Å²) in [5.41, 5.74) is 3.55. The Morgan fingerprint density at radius 2 is 1.74 bits per heavy atom. The first-order valence-corrected chi connectivity index (χ1v) is 7.90. The van der Waals surface area contributed by atoms with Crippen molar-refractivity contribution in [2.24, 2.45) is 5.41 Å². The van der Waals surface area contributed by atoms with E-state index in [4.69, 9.17) is 0 Å². The Labute approximate surface area is 116 Å². The van der Waals surface area contributed by atoms with Crippen LogP contribution in [0.1, 0.15) is 44.1 Å². The van der Waals surface area contributed by atoms with E-state index < -0.39 is 0 Å². The van der Waals surface area contributed by atoms with Gasteiger partial charge in [-0.15, -0.1) is 0 Å². The number of hydrogen-bond acceptors (Lipinski definition) is 2. The first-order valence-electron chi connectivity index (χ1n) is 7.90. The maximum Gasteiger partial charge on any atom is 0.0366 e.